The molecule has 0 radical (unpaired) electrons. The van der Waals surface area contributed by atoms with E-state index in [1.54, 1.807) is 0 Å². The highest BCUT2D eigenvalue weighted by atomic mass is 16.5. The largest absolute Gasteiger partial charge is 0.374 e. The zero-order valence-corrected chi connectivity index (χ0v) is 13.8. The summed E-state index contributed by atoms with van der Waals surface area (Å²) < 4.78 is 6.46. The molecule has 0 spiro atoms. The number of hydrogen-bond acceptors (Lipinski definition) is 1. The van der Waals surface area contributed by atoms with Crippen LogP contribution in [-0.2, 0) is 4.74 Å². The van der Waals surface area contributed by atoms with Gasteiger partial charge in [0.15, 0.2) is 0 Å². The predicted octanol–water partition coefficient (Wildman–Crippen LogP) is 6.11. The van der Waals surface area contributed by atoms with E-state index < -0.39 is 0 Å². The van der Waals surface area contributed by atoms with Crippen molar-refractivity contribution in [1.82, 2.24) is 0 Å². The maximum absolute atomic E-state index is 6.46. The molecule has 0 N–H and O–H groups in total. The first-order valence-corrected chi connectivity index (χ1v) is 8.69. The molecule has 1 nitrogen and oxygen atoms in total. The van der Waals surface area contributed by atoms with E-state index in [1.807, 2.05) is 0 Å². The Kier molecular flexibility index (Phi) is 8.06. The summed E-state index contributed by atoms with van der Waals surface area (Å²) in [5, 5.41) is 0. The van der Waals surface area contributed by atoms with Crippen molar-refractivity contribution in [2.45, 2.75) is 111 Å². The molecule has 1 saturated carbocycles. The Morgan fingerprint density at radius 1 is 0.947 bits per heavy atom. The Balaban J connectivity index is 2.30. The van der Waals surface area contributed by atoms with Crippen molar-refractivity contribution >= 4 is 0 Å². The van der Waals surface area contributed by atoms with E-state index in [0.717, 1.165) is 0 Å². The molecule has 1 unspecified atom stereocenters. The van der Waals surface area contributed by atoms with Gasteiger partial charge in [0.05, 0.1) is 12.2 Å². The van der Waals surface area contributed by atoms with Crippen molar-refractivity contribution < 1.29 is 4.74 Å². The first kappa shape index (κ1) is 17.0. The standard InChI is InChI=1S/C18H36O/c1-5-6-7-8-12-15-17(18(2,3)4)19-16-13-10-9-11-14-16/h16-17H,5-15H2,1-4H3. The molecular formula is C18H36O. The summed E-state index contributed by atoms with van der Waals surface area (Å²) in [5.41, 5.74) is 0.294. The van der Waals surface area contributed by atoms with Crippen LogP contribution in [0, 0.1) is 5.41 Å². The molecular weight excluding hydrogens is 232 g/mol. The van der Waals surface area contributed by atoms with Gasteiger partial charge in [0.2, 0.25) is 0 Å². The molecule has 1 rings (SSSR count). The lowest BCUT2D eigenvalue weighted by molar-refractivity contribution is -0.0828. The van der Waals surface area contributed by atoms with Crippen LogP contribution in [0.15, 0.2) is 0 Å². The summed E-state index contributed by atoms with van der Waals surface area (Å²) in [4.78, 5) is 0. The van der Waals surface area contributed by atoms with E-state index in [0.29, 0.717) is 17.6 Å². The van der Waals surface area contributed by atoms with Crippen molar-refractivity contribution in [2.75, 3.05) is 0 Å². The average Bonchev–Trinajstić information content (AvgIpc) is 2.37. The summed E-state index contributed by atoms with van der Waals surface area (Å²) in [7, 11) is 0. The van der Waals surface area contributed by atoms with Crippen molar-refractivity contribution in [2.24, 2.45) is 5.41 Å². The van der Waals surface area contributed by atoms with Crippen molar-refractivity contribution in [3.63, 3.8) is 0 Å². The normalized spacial score (nSPS) is 19.6. The Bertz CT molecular complexity index is 210. The van der Waals surface area contributed by atoms with Crippen LogP contribution < -0.4 is 0 Å². The Hall–Kier alpha value is -0.0400. The molecule has 0 aromatic heterocycles. The summed E-state index contributed by atoms with van der Waals surface area (Å²) >= 11 is 0. The van der Waals surface area contributed by atoms with Gasteiger partial charge in [-0.2, -0.15) is 0 Å². The second-order valence-corrected chi connectivity index (χ2v) is 7.45. The molecule has 1 heteroatoms. The van der Waals surface area contributed by atoms with Gasteiger partial charge in [0.25, 0.3) is 0 Å². The third-order valence-corrected chi connectivity index (χ3v) is 4.44. The van der Waals surface area contributed by atoms with Gasteiger partial charge in [0.1, 0.15) is 0 Å². The second-order valence-electron chi connectivity index (χ2n) is 7.45. The first-order valence-electron chi connectivity index (χ1n) is 8.69. The van der Waals surface area contributed by atoms with Crippen molar-refractivity contribution in [3.8, 4) is 0 Å². The highest BCUT2D eigenvalue weighted by molar-refractivity contribution is 4.77. The Morgan fingerprint density at radius 3 is 2.16 bits per heavy atom. The quantitative estimate of drug-likeness (QED) is 0.482. The number of ether oxygens (including phenoxy) is 1. The monoisotopic (exact) mass is 268 g/mol. The molecule has 1 aliphatic rings. The van der Waals surface area contributed by atoms with Crippen molar-refractivity contribution in [1.29, 1.82) is 0 Å². The minimum atomic E-state index is 0.294. The molecule has 0 saturated heterocycles. The lowest BCUT2D eigenvalue weighted by atomic mass is 9.85. The lowest BCUT2D eigenvalue weighted by Gasteiger charge is -2.35. The average molecular weight is 268 g/mol. The van der Waals surface area contributed by atoms with E-state index in [2.05, 4.69) is 27.7 Å². The van der Waals surface area contributed by atoms with E-state index in [9.17, 15) is 0 Å². The molecule has 1 atom stereocenters. The zero-order chi connectivity index (χ0) is 14.1. The van der Waals surface area contributed by atoms with Gasteiger partial charge in [-0.3, -0.25) is 0 Å². The summed E-state index contributed by atoms with van der Waals surface area (Å²) in [5.74, 6) is 0. The topological polar surface area (TPSA) is 9.23 Å². The minimum absolute atomic E-state index is 0.294. The molecule has 0 bridgehead atoms. The third kappa shape index (κ3) is 7.34. The fourth-order valence-electron chi connectivity index (χ4n) is 3.07. The van der Waals surface area contributed by atoms with E-state index in [-0.39, 0.29) is 0 Å². The molecule has 0 aliphatic heterocycles. The molecule has 1 aliphatic carbocycles. The van der Waals surface area contributed by atoms with Gasteiger partial charge < -0.3 is 4.74 Å². The van der Waals surface area contributed by atoms with Gasteiger partial charge in [-0.1, -0.05) is 79.1 Å². The van der Waals surface area contributed by atoms with Gasteiger partial charge in [-0.25, -0.2) is 0 Å². The fraction of sp³-hybridized carbons (Fsp3) is 1.00. The van der Waals surface area contributed by atoms with Gasteiger partial charge in [0, 0.05) is 0 Å². The van der Waals surface area contributed by atoms with Crippen LogP contribution in [0.3, 0.4) is 0 Å². The Morgan fingerprint density at radius 2 is 1.58 bits per heavy atom. The molecule has 0 amide bonds. The van der Waals surface area contributed by atoms with Crippen LogP contribution in [0.5, 0.6) is 0 Å². The van der Waals surface area contributed by atoms with Crippen LogP contribution in [0.2, 0.25) is 0 Å². The SMILES string of the molecule is CCCCCCCC(OC1CCCCC1)C(C)(C)C. The molecule has 0 aromatic carbocycles. The third-order valence-electron chi connectivity index (χ3n) is 4.44. The maximum Gasteiger partial charge on any atom is 0.0627 e. The summed E-state index contributed by atoms with van der Waals surface area (Å²) in [6, 6.07) is 0. The lowest BCUT2D eigenvalue weighted by Crippen LogP contribution is -2.34. The van der Waals surface area contributed by atoms with E-state index in [4.69, 9.17) is 4.74 Å². The van der Waals surface area contributed by atoms with Gasteiger partial charge in [-0.15, -0.1) is 0 Å². The summed E-state index contributed by atoms with van der Waals surface area (Å²) in [6.07, 6.45) is 15.9. The molecule has 0 heterocycles. The molecule has 114 valence electrons. The Labute approximate surface area is 121 Å². The molecule has 19 heavy (non-hydrogen) atoms. The van der Waals surface area contributed by atoms with Gasteiger partial charge >= 0.3 is 0 Å². The number of unbranched alkanes of at least 4 members (excludes halogenated alkanes) is 4. The fourth-order valence-corrected chi connectivity index (χ4v) is 3.07. The van der Waals surface area contributed by atoms with Gasteiger partial charge in [-0.05, 0) is 24.7 Å². The second kappa shape index (κ2) is 9.00. The highest BCUT2D eigenvalue weighted by Gasteiger charge is 2.28. The molecule has 1 fully saturated rings. The van der Waals surface area contributed by atoms with E-state index in [1.165, 1.54) is 70.6 Å². The van der Waals surface area contributed by atoms with Crippen LogP contribution in [0.1, 0.15) is 98.3 Å². The predicted molar refractivity (Wildman–Crippen MR) is 84.6 cm³/mol. The number of rotatable bonds is 8. The first-order chi connectivity index (χ1) is 9.04. The number of hydrogen-bond donors (Lipinski definition) is 0. The van der Waals surface area contributed by atoms with Crippen LogP contribution in [-0.4, -0.2) is 12.2 Å². The van der Waals surface area contributed by atoms with Crippen molar-refractivity contribution in [3.05, 3.63) is 0 Å². The maximum atomic E-state index is 6.46. The minimum Gasteiger partial charge on any atom is -0.374 e. The van der Waals surface area contributed by atoms with Crippen LogP contribution in [0.25, 0.3) is 0 Å². The molecule has 0 aromatic rings. The van der Waals surface area contributed by atoms with E-state index >= 15 is 0 Å². The van der Waals surface area contributed by atoms with Crippen LogP contribution in [0.4, 0.5) is 0 Å². The zero-order valence-electron chi connectivity index (χ0n) is 13.8. The smallest absolute Gasteiger partial charge is 0.0627 e. The summed E-state index contributed by atoms with van der Waals surface area (Å²) in [6.45, 7) is 9.30. The van der Waals surface area contributed by atoms with Crippen LogP contribution >= 0.6 is 0 Å². The highest BCUT2D eigenvalue weighted by Crippen LogP contribution is 2.31.